The highest BCUT2D eigenvalue weighted by Gasteiger charge is 2.61. The number of fused-ring (bicyclic) bond motifs is 5. The molecule has 1 saturated heterocycles. The first kappa shape index (κ1) is 43.6. The van der Waals surface area contributed by atoms with Gasteiger partial charge in [0.05, 0.1) is 31.0 Å². The van der Waals surface area contributed by atoms with Gasteiger partial charge in [-0.1, -0.05) is 133 Å². The van der Waals surface area contributed by atoms with Crippen LogP contribution in [0.2, 0.25) is 0 Å². The van der Waals surface area contributed by atoms with Gasteiger partial charge in [0.15, 0.2) is 12.4 Å². The summed E-state index contributed by atoms with van der Waals surface area (Å²) < 4.78 is 33.9. The summed E-state index contributed by atoms with van der Waals surface area (Å²) in [6.07, 6.45) is 12.8. The van der Waals surface area contributed by atoms with Crippen LogP contribution in [-0.2, 0) is 36.9 Å². The molecule has 5 aliphatic rings. The van der Waals surface area contributed by atoms with E-state index in [1.165, 1.54) is 64.2 Å². The molecule has 0 radical (unpaired) electrons. The molecule has 8 rings (SSSR count). The fourth-order valence-electron chi connectivity index (χ4n) is 13.5. The predicted octanol–water partition coefficient (Wildman–Crippen LogP) is 12.6. The topological polar surface area (TPSA) is 63.2 Å². The Hall–Kier alpha value is -3.03. The van der Waals surface area contributed by atoms with Gasteiger partial charge in [-0.25, -0.2) is 4.79 Å². The molecule has 60 heavy (non-hydrogen) atoms. The molecular weight excluding hydrogens is 745 g/mol. The molecule has 326 valence electrons. The molecule has 5 fully saturated rings. The summed E-state index contributed by atoms with van der Waals surface area (Å²) in [6.45, 7) is 15.4. The SMILES string of the molecule is CC(C)CCC[C@@H](C)[C@H]1CC[C@H]2[C@@H]3CC[C@H]4C[C@@H](O[C@H]5O[C@@H](C)[C@H](OC(=O)c6ccccc6)[C@@H](OCc6ccccc6)[C@H]5OCc5ccccc5)CC[C@]4(C)[C@H]3CC[C@]12C. The molecule has 3 aromatic carbocycles. The second-order valence-corrected chi connectivity index (χ2v) is 20.7. The number of hydrogen-bond donors (Lipinski definition) is 0. The smallest absolute Gasteiger partial charge is 0.338 e. The lowest BCUT2D eigenvalue weighted by Crippen LogP contribution is -2.61. The predicted molar refractivity (Wildman–Crippen MR) is 238 cm³/mol. The Labute approximate surface area is 361 Å². The molecule has 4 saturated carbocycles. The van der Waals surface area contributed by atoms with Crippen molar-refractivity contribution in [2.75, 3.05) is 0 Å². The zero-order valence-corrected chi connectivity index (χ0v) is 37.5. The van der Waals surface area contributed by atoms with Gasteiger partial charge >= 0.3 is 5.97 Å². The first-order chi connectivity index (χ1) is 29.0. The van der Waals surface area contributed by atoms with Crippen molar-refractivity contribution in [1.82, 2.24) is 0 Å². The maximum Gasteiger partial charge on any atom is 0.338 e. The number of carbonyl (C=O) groups excluding carboxylic acids is 1. The van der Waals surface area contributed by atoms with E-state index in [1.807, 2.05) is 61.5 Å². The molecule has 4 aliphatic carbocycles. The number of ether oxygens (including phenoxy) is 5. The van der Waals surface area contributed by atoms with Gasteiger partial charge in [-0.3, -0.25) is 0 Å². The summed E-state index contributed by atoms with van der Waals surface area (Å²) in [5.74, 6) is 5.35. The van der Waals surface area contributed by atoms with E-state index in [4.69, 9.17) is 23.7 Å². The summed E-state index contributed by atoms with van der Waals surface area (Å²) in [6, 6.07) is 29.5. The number of benzene rings is 3. The summed E-state index contributed by atoms with van der Waals surface area (Å²) in [7, 11) is 0. The second-order valence-electron chi connectivity index (χ2n) is 20.7. The Kier molecular flexibility index (Phi) is 13.9. The van der Waals surface area contributed by atoms with Gasteiger partial charge in [-0.15, -0.1) is 0 Å². The first-order valence-electron chi connectivity index (χ1n) is 23.9. The fourth-order valence-corrected chi connectivity index (χ4v) is 13.5. The van der Waals surface area contributed by atoms with Crippen molar-refractivity contribution in [2.24, 2.45) is 52.3 Å². The average molecular weight is 819 g/mol. The third-order valence-electron chi connectivity index (χ3n) is 16.7. The van der Waals surface area contributed by atoms with Crippen molar-refractivity contribution in [3.63, 3.8) is 0 Å². The summed E-state index contributed by atoms with van der Waals surface area (Å²) >= 11 is 0. The van der Waals surface area contributed by atoms with Crippen LogP contribution in [0.25, 0.3) is 0 Å². The zero-order chi connectivity index (χ0) is 41.9. The van der Waals surface area contributed by atoms with Gasteiger partial charge in [0.2, 0.25) is 0 Å². The van der Waals surface area contributed by atoms with Crippen molar-refractivity contribution in [2.45, 2.75) is 169 Å². The van der Waals surface area contributed by atoms with Gasteiger partial charge in [0, 0.05) is 0 Å². The van der Waals surface area contributed by atoms with Crippen LogP contribution in [-0.4, -0.2) is 42.8 Å². The quantitative estimate of drug-likeness (QED) is 0.112. The average Bonchev–Trinajstić information content (AvgIpc) is 3.62. The lowest BCUT2D eigenvalue weighted by molar-refractivity contribution is -0.325. The van der Waals surface area contributed by atoms with Crippen LogP contribution in [0.15, 0.2) is 91.0 Å². The third-order valence-corrected chi connectivity index (χ3v) is 16.7. The third kappa shape index (κ3) is 9.33. The van der Waals surface area contributed by atoms with E-state index in [2.05, 4.69) is 58.9 Å². The highest BCUT2D eigenvalue weighted by molar-refractivity contribution is 5.89. The standard InChI is InChI=1S/C54H74O6/c1-36(2)17-16-18-37(3)45-27-28-46-44-26-25-42-33-43(29-31-53(42,5)47(44)30-32-54(45,46)6)59-52-50(57-35-40-21-12-8-13-22-40)49(56-34-39-19-10-7-11-20-39)48(38(4)58-52)60-51(55)41-23-14-9-15-24-41/h7-15,19-24,36-38,42-50,52H,16-18,25-35H2,1-6H3/t37-,38+,42+,43+,44+,45-,46+,47+,48+,49-,50-,52-,53+,54-/m1/s1. The molecule has 0 N–H and O–H groups in total. The van der Waals surface area contributed by atoms with Gasteiger partial charge in [0.25, 0.3) is 0 Å². The Balaban J connectivity index is 0.980. The molecule has 1 aliphatic heterocycles. The Morgan fingerprint density at radius 3 is 1.98 bits per heavy atom. The molecule has 0 spiro atoms. The molecule has 6 nitrogen and oxygen atoms in total. The van der Waals surface area contributed by atoms with Gasteiger partial charge in [0.1, 0.15) is 12.2 Å². The van der Waals surface area contributed by atoms with E-state index in [0.29, 0.717) is 35.5 Å². The van der Waals surface area contributed by atoms with Crippen molar-refractivity contribution in [3.05, 3.63) is 108 Å². The van der Waals surface area contributed by atoms with Crippen LogP contribution in [0, 0.1) is 52.3 Å². The Bertz CT molecular complexity index is 1800. The van der Waals surface area contributed by atoms with Crippen molar-refractivity contribution in [3.8, 4) is 0 Å². The minimum atomic E-state index is -0.706. The van der Waals surface area contributed by atoms with Crippen molar-refractivity contribution < 1.29 is 28.5 Å². The van der Waals surface area contributed by atoms with Crippen LogP contribution < -0.4 is 0 Å². The molecule has 0 aromatic heterocycles. The summed E-state index contributed by atoms with van der Waals surface area (Å²) in [5.41, 5.74) is 3.45. The summed E-state index contributed by atoms with van der Waals surface area (Å²) in [4.78, 5) is 13.6. The fraction of sp³-hybridized carbons (Fsp3) is 0.648. The van der Waals surface area contributed by atoms with Crippen molar-refractivity contribution >= 4 is 5.97 Å². The van der Waals surface area contributed by atoms with E-state index < -0.39 is 36.7 Å². The van der Waals surface area contributed by atoms with Crippen LogP contribution in [0.4, 0.5) is 0 Å². The van der Waals surface area contributed by atoms with E-state index in [9.17, 15) is 4.79 Å². The molecule has 14 atom stereocenters. The van der Waals surface area contributed by atoms with E-state index in [1.54, 1.807) is 12.1 Å². The largest absolute Gasteiger partial charge is 0.453 e. The second kappa shape index (κ2) is 19.2. The molecule has 6 heteroatoms. The number of rotatable bonds is 15. The van der Waals surface area contributed by atoms with Crippen LogP contribution in [0.3, 0.4) is 0 Å². The highest BCUT2D eigenvalue weighted by Crippen LogP contribution is 2.68. The number of esters is 1. The highest BCUT2D eigenvalue weighted by atomic mass is 16.7. The van der Waals surface area contributed by atoms with Gasteiger partial charge in [-0.2, -0.15) is 0 Å². The van der Waals surface area contributed by atoms with Gasteiger partial charge < -0.3 is 23.7 Å². The maximum atomic E-state index is 13.6. The van der Waals surface area contributed by atoms with E-state index in [0.717, 1.165) is 59.5 Å². The number of carbonyl (C=O) groups is 1. The normalized spacial score (nSPS) is 36.8. The molecule has 0 amide bonds. The molecular formula is C54H74O6. The minimum absolute atomic E-state index is 0.0641. The maximum absolute atomic E-state index is 13.6. The van der Waals surface area contributed by atoms with Crippen molar-refractivity contribution in [1.29, 1.82) is 0 Å². The van der Waals surface area contributed by atoms with Crippen LogP contribution in [0.1, 0.15) is 140 Å². The van der Waals surface area contributed by atoms with Gasteiger partial charge in [-0.05, 0) is 140 Å². The lowest BCUT2D eigenvalue weighted by Gasteiger charge is -2.61. The molecule has 0 bridgehead atoms. The zero-order valence-electron chi connectivity index (χ0n) is 37.5. The minimum Gasteiger partial charge on any atom is -0.453 e. The van der Waals surface area contributed by atoms with E-state index >= 15 is 0 Å². The van der Waals surface area contributed by atoms with Crippen LogP contribution >= 0.6 is 0 Å². The molecule has 3 aromatic rings. The Morgan fingerprint density at radius 2 is 1.32 bits per heavy atom. The molecule has 1 heterocycles. The van der Waals surface area contributed by atoms with E-state index in [-0.39, 0.29) is 6.10 Å². The van der Waals surface area contributed by atoms with Crippen LogP contribution in [0.5, 0.6) is 0 Å². The first-order valence-corrected chi connectivity index (χ1v) is 23.9. The monoisotopic (exact) mass is 819 g/mol. The molecule has 0 unspecified atom stereocenters. The lowest BCUT2D eigenvalue weighted by atomic mass is 9.44. The summed E-state index contributed by atoms with van der Waals surface area (Å²) in [5, 5.41) is 0. The Morgan fingerprint density at radius 1 is 0.700 bits per heavy atom. The number of hydrogen-bond acceptors (Lipinski definition) is 6.